The second kappa shape index (κ2) is 11.4. The van der Waals surface area contributed by atoms with Gasteiger partial charge < -0.3 is 20.9 Å². The summed E-state index contributed by atoms with van der Waals surface area (Å²) in [5.74, 6) is -0.584. The van der Waals surface area contributed by atoms with Crippen molar-refractivity contribution >= 4 is 34.0 Å². The molecule has 3 N–H and O–H groups in total. The Hall–Kier alpha value is -3.23. The quantitative estimate of drug-likeness (QED) is 0.441. The molecule has 0 aliphatic heterocycles. The highest BCUT2D eigenvalue weighted by Gasteiger charge is 2.23. The number of carbonyl (C=O) groups is 2. The monoisotopic (exact) mass is 451 g/mol. The first-order valence-corrected chi connectivity index (χ1v) is 11.3. The minimum absolute atomic E-state index is 0.211. The average Bonchev–Trinajstić information content (AvgIpc) is 3.22. The van der Waals surface area contributed by atoms with Crippen molar-refractivity contribution in [3.05, 3.63) is 76.8 Å². The van der Waals surface area contributed by atoms with E-state index in [0.29, 0.717) is 18.1 Å². The van der Waals surface area contributed by atoms with Gasteiger partial charge in [0.25, 0.3) is 5.91 Å². The van der Waals surface area contributed by atoms with Gasteiger partial charge in [-0.2, -0.15) is 0 Å². The number of thiazole rings is 1. The van der Waals surface area contributed by atoms with Gasteiger partial charge in [0.2, 0.25) is 5.91 Å². The van der Waals surface area contributed by atoms with Crippen LogP contribution in [0.25, 0.3) is 0 Å². The summed E-state index contributed by atoms with van der Waals surface area (Å²) >= 11 is 1.35. The summed E-state index contributed by atoms with van der Waals surface area (Å²) in [4.78, 5) is 32.1. The molecule has 3 rings (SSSR count). The fourth-order valence-electron chi connectivity index (χ4n) is 3.10. The molecule has 1 heterocycles. The van der Waals surface area contributed by atoms with Gasteiger partial charge in [-0.15, -0.1) is 11.3 Å². The van der Waals surface area contributed by atoms with E-state index in [1.165, 1.54) is 11.3 Å². The second-order valence-corrected chi connectivity index (χ2v) is 8.70. The van der Waals surface area contributed by atoms with Crippen molar-refractivity contribution in [1.82, 2.24) is 20.5 Å². The first-order chi connectivity index (χ1) is 15.4. The number of likely N-dealkylation sites (N-methyl/N-ethyl adjacent to an activating group) is 1. The zero-order chi connectivity index (χ0) is 22.9. The molecule has 1 atom stereocenters. The van der Waals surface area contributed by atoms with Crippen molar-refractivity contribution in [3.63, 3.8) is 0 Å². The largest absolute Gasteiger partial charge is 0.353 e. The van der Waals surface area contributed by atoms with Crippen molar-refractivity contribution in [3.8, 4) is 0 Å². The predicted octanol–water partition coefficient (Wildman–Crippen LogP) is 3.21. The standard InChI is InChI=1S/C24H29N5O2S/c1-17-8-7-11-19(14-17)26-24-28-21(16-32-24)23(31)27-20(15-18-9-5-4-6-10-18)22(30)25-12-13-29(2)3/h4-11,14,16,20H,12-13,15H2,1-3H3,(H,25,30)(H,26,28)(H,27,31). The number of nitrogens with zero attached hydrogens (tertiary/aromatic N) is 2. The highest BCUT2D eigenvalue weighted by Crippen LogP contribution is 2.21. The van der Waals surface area contributed by atoms with Crippen molar-refractivity contribution in [1.29, 1.82) is 0 Å². The maximum absolute atomic E-state index is 12.9. The molecule has 1 aromatic heterocycles. The van der Waals surface area contributed by atoms with Gasteiger partial charge in [-0.3, -0.25) is 9.59 Å². The summed E-state index contributed by atoms with van der Waals surface area (Å²) in [5, 5.41) is 11.3. The van der Waals surface area contributed by atoms with E-state index in [0.717, 1.165) is 23.4 Å². The van der Waals surface area contributed by atoms with Crippen LogP contribution in [0.5, 0.6) is 0 Å². The molecular formula is C24H29N5O2S. The molecule has 32 heavy (non-hydrogen) atoms. The van der Waals surface area contributed by atoms with E-state index in [1.54, 1.807) is 5.38 Å². The maximum atomic E-state index is 12.9. The van der Waals surface area contributed by atoms with Crippen LogP contribution >= 0.6 is 11.3 Å². The van der Waals surface area contributed by atoms with Crippen LogP contribution in [0.2, 0.25) is 0 Å². The van der Waals surface area contributed by atoms with Gasteiger partial charge in [0.15, 0.2) is 5.13 Å². The molecule has 168 valence electrons. The Morgan fingerprint density at radius 3 is 2.59 bits per heavy atom. The number of rotatable bonds is 10. The Kier molecular flexibility index (Phi) is 8.35. The Balaban J connectivity index is 1.67. The minimum Gasteiger partial charge on any atom is -0.353 e. The van der Waals surface area contributed by atoms with Gasteiger partial charge >= 0.3 is 0 Å². The third-order valence-electron chi connectivity index (χ3n) is 4.77. The molecule has 7 nitrogen and oxygen atoms in total. The fraction of sp³-hybridized carbons (Fsp3) is 0.292. The van der Waals surface area contributed by atoms with E-state index in [-0.39, 0.29) is 17.5 Å². The highest BCUT2D eigenvalue weighted by molar-refractivity contribution is 7.14. The molecule has 3 aromatic rings. The second-order valence-electron chi connectivity index (χ2n) is 7.84. The number of nitrogens with one attached hydrogen (secondary N) is 3. The Morgan fingerprint density at radius 2 is 1.88 bits per heavy atom. The smallest absolute Gasteiger partial charge is 0.271 e. The molecule has 2 aromatic carbocycles. The lowest BCUT2D eigenvalue weighted by molar-refractivity contribution is -0.123. The van der Waals surface area contributed by atoms with E-state index >= 15 is 0 Å². The lowest BCUT2D eigenvalue weighted by Crippen LogP contribution is -2.49. The summed E-state index contributed by atoms with van der Waals surface area (Å²) in [6.07, 6.45) is 0.402. The first-order valence-electron chi connectivity index (χ1n) is 10.5. The van der Waals surface area contributed by atoms with Crippen molar-refractivity contribution in [2.24, 2.45) is 0 Å². The van der Waals surface area contributed by atoms with Crippen LogP contribution in [-0.2, 0) is 11.2 Å². The van der Waals surface area contributed by atoms with Crippen molar-refractivity contribution in [2.75, 3.05) is 32.5 Å². The zero-order valence-corrected chi connectivity index (χ0v) is 19.4. The van der Waals surface area contributed by atoms with Crippen molar-refractivity contribution in [2.45, 2.75) is 19.4 Å². The van der Waals surface area contributed by atoms with Crippen LogP contribution in [0, 0.1) is 6.92 Å². The molecule has 0 aliphatic carbocycles. The summed E-state index contributed by atoms with van der Waals surface area (Å²) < 4.78 is 0. The molecular weight excluding hydrogens is 422 g/mol. The number of anilines is 2. The maximum Gasteiger partial charge on any atom is 0.271 e. The van der Waals surface area contributed by atoms with Crippen LogP contribution in [0.4, 0.5) is 10.8 Å². The lowest BCUT2D eigenvalue weighted by Gasteiger charge is -2.19. The first kappa shape index (κ1) is 23.4. The van der Waals surface area contributed by atoms with Crippen molar-refractivity contribution < 1.29 is 9.59 Å². The molecule has 2 amide bonds. The molecule has 1 unspecified atom stereocenters. The Labute approximate surface area is 192 Å². The third kappa shape index (κ3) is 7.18. The molecule has 0 saturated carbocycles. The summed E-state index contributed by atoms with van der Waals surface area (Å²) in [5.41, 5.74) is 3.30. The number of carbonyl (C=O) groups excluding carboxylic acids is 2. The number of benzene rings is 2. The third-order valence-corrected chi connectivity index (χ3v) is 5.53. The lowest BCUT2D eigenvalue weighted by atomic mass is 10.1. The van der Waals surface area contributed by atoms with Crippen LogP contribution < -0.4 is 16.0 Å². The summed E-state index contributed by atoms with van der Waals surface area (Å²) in [6.45, 7) is 3.24. The van der Waals surface area contributed by atoms with Crippen LogP contribution in [0.1, 0.15) is 21.6 Å². The average molecular weight is 452 g/mol. The predicted molar refractivity (Wildman–Crippen MR) is 130 cm³/mol. The molecule has 0 bridgehead atoms. The highest BCUT2D eigenvalue weighted by atomic mass is 32.1. The van der Waals surface area contributed by atoms with E-state index in [2.05, 4.69) is 20.9 Å². The number of aryl methyl sites for hydroxylation is 1. The SMILES string of the molecule is Cc1cccc(Nc2nc(C(=O)NC(Cc3ccccc3)C(=O)NCCN(C)C)cs2)c1. The molecule has 8 heteroatoms. The molecule has 0 fully saturated rings. The van der Waals surface area contributed by atoms with E-state index in [1.807, 2.05) is 80.5 Å². The van der Waals surface area contributed by atoms with Crippen LogP contribution in [0.15, 0.2) is 60.0 Å². The molecule has 0 radical (unpaired) electrons. The van der Waals surface area contributed by atoms with Gasteiger partial charge in [-0.1, -0.05) is 42.5 Å². The number of aromatic nitrogens is 1. The fourth-order valence-corrected chi connectivity index (χ4v) is 3.81. The van der Waals surface area contributed by atoms with Crippen LogP contribution in [-0.4, -0.2) is 54.9 Å². The topological polar surface area (TPSA) is 86.4 Å². The van der Waals surface area contributed by atoms with E-state index < -0.39 is 6.04 Å². The summed E-state index contributed by atoms with van der Waals surface area (Å²) in [7, 11) is 3.89. The zero-order valence-electron chi connectivity index (χ0n) is 18.6. The Bertz CT molecular complexity index is 1040. The van der Waals surface area contributed by atoms with Gasteiger partial charge in [0.05, 0.1) is 0 Å². The summed E-state index contributed by atoms with van der Waals surface area (Å²) in [6, 6.07) is 16.9. The van der Waals surface area contributed by atoms with Gasteiger partial charge in [0, 0.05) is 30.6 Å². The number of hydrogen-bond donors (Lipinski definition) is 3. The van der Waals surface area contributed by atoms with Gasteiger partial charge in [-0.05, 0) is 44.3 Å². The Morgan fingerprint density at radius 1 is 1.09 bits per heavy atom. The van der Waals surface area contributed by atoms with Gasteiger partial charge in [0.1, 0.15) is 11.7 Å². The molecule has 0 spiro atoms. The van der Waals surface area contributed by atoms with Gasteiger partial charge in [-0.25, -0.2) is 4.98 Å². The molecule has 0 aliphatic rings. The molecule has 0 saturated heterocycles. The number of hydrogen-bond acceptors (Lipinski definition) is 6. The van der Waals surface area contributed by atoms with E-state index in [4.69, 9.17) is 0 Å². The van der Waals surface area contributed by atoms with E-state index in [9.17, 15) is 9.59 Å². The van der Waals surface area contributed by atoms with Crippen LogP contribution in [0.3, 0.4) is 0 Å². The number of amides is 2. The normalized spacial score (nSPS) is 11.8. The minimum atomic E-state index is -0.693.